The van der Waals surface area contributed by atoms with E-state index < -0.39 is 68.5 Å². The number of ether oxygens (including phenoxy) is 5. The molecule has 0 fully saturated rings. The summed E-state index contributed by atoms with van der Waals surface area (Å²) >= 11 is 0. The van der Waals surface area contributed by atoms with Crippen molar-refractivity contribution in [1.29, 1.82) is 0 Å². The molecule has 4 aromatic carbocycles. The number of anilines is 1. The first-order chi connectivity index (χ1) is 39.6. The molecule has 0 aliphatic heterocycles. The average molecular weight is 1170 g/mol. The Hall–Kier alpha value is -6.87. The quantitative estimate of drug-likeness (QED) is 0.00832. The van der Waals surface area contributed by atoms with Gasteiger partial charge in [0.1, 0.15) is 12.1 Å². The molecule has 0 aliphatic carbocycles. The number of carbonyl (C=O) groups excluding carboxylic acids is 4. The first kappa shape index (κ1) is 64.3. The van der Waals surface area contributed by atoms with Gasteiger partial charge < -0.3 is 34.0 Å². The summed E-state index contributed by atoms with van der Waals surface area (Å²) in [5.41, 5.74) is 9.05. The zero-order valence-electron chi connectivity index (χ0n) is 47.1. The SMILES string of the molecule is CCOC(=O)C[C@H](Cc1ccccc1)NP(=O)(CCN(CCn1cnc2c(=O)[nH]c(N)nc21)COCCP(=O)(N[C@@H](Cc1ccccc1)C(=O)OCC)N[C@@H](Cc1ccccc1)C(=O)OCC)N[C@H](CC(=O)OCC)Cc1ccccc1. The highest BCUT2D eigenvalue weighted by Crippen LogP contribution is 2.40. The van der Waals surface area contributed by atoms with Crippen LogP contribution >= 0.6 is 14.9 Å². The van der Waals surface area contributed by atoms with Gasteiger partial charge in [0, 0.05) is 37.9 Å². The van der Waals surface area contributed by atoms with E-state index in [1.165, 1.54) is 6.33 Å². The van der Waals surface area contributed by atoms with E-state index in [-0.39, 0.29) is 115 Å². The normalized spacial score (nSPS) is 13.3. The largest absolute Gasteiger partial charge is 0.466 e. The number of rotatable bonds is 37. The van der Waals surface area contributed by atoms with Crippen molar-refractivity contribution in [2.75, 3.05) is 70.9 Å². The van der Waals surface area contributed by atoms with Crippen LogP contribution in [0, 0.1) is 0 Å². The molecule has 0 saturated carbocycles. The van der Waals surface area contributed by atoms with E-state index in [1.807, 2.05) is 126 Å². The maximum atomic E-state index is 16.0. The lowest BCUT2D eigenvalue weighted by Gasteiger charge is -2.32. The van der Waals surface area contributed by atoms with Crippen molar-refractivity contribution < 1.29 is 52.0 Å². The minimum Gasteiger partial charge on any atom is -0.466 e. The molecule has 0 aliphatic rings. The molecule has 0 unspecified atom stereocenters. The average Bonchev–Trinajstić information content (AvgIpc) is 4.00. The van der Waals surface area contributed by atoms with Crippen LogP contribution in [0.1, 0.15) is 62.8 Å². The summed E-state index contributed by atoms with van der Waals surface area (Å²) in [6, 6.07) is 33.7. The molecule has 24 heteroatoms. The number of nitrogens with zero attached hydrogens (tertiary/aromatic N) is 4. The predicted molar refractivity (Wildman–Crippen MR) is 314 cm³/mol. The minimum atomic E-state index is -4.03. The molecule has 2 aromatic heterocycles. The van der Waals surface area contributed by atoms with Crippen LogP contribution in [0.2, 0.25) is 0 Å². The molecule has 82 heavy (non-hydrogen) atoms. The summed E-state index contributed by atoms with van der Waals surface area (Å²) in [4.78, 5) is 79.7. The molecule has 6 rings (SSSR count). The van der Waals surface area contributed by atoms with E-state index in [0.717, 1.165) is 22.3 Å². The highest BCUT2D eigenvalue weighted by Gasteiger charge is 2.36. The number of aromatic amines is 1. The molecule has 442 valence electrons. The summed E-state index contributed by atoms with van der Waals surface area (Å²) in [5.74, 6) is -2.37. The lowest BCUT2D eigenvalue weighted by Crippen LogP contribution is -2.46. The molecule has 6 aromatic rings. The monoisotopic (exact) mass is 1170 g/mol. The fourth-order valence-corrected chi connectivity index (χ4v) is 13.8. The number of hydrogen-bond donors (Lipinski definition) is 6. The Morgan fingerprint density at radius 2 is 1.02 bits per heavy atom. The summed E-state index contributed by atoms with van der Waals surface area (Å²) in [5, 5.41) is 12.9. The van der Waals surface area contributed by atoms with Gasteiger partial charge in [-0.1, -0.05) is 121 Å². The Morgan fingerprint density at radius 1 is 0.598 bits per heavy atom. The number of aromatic nitrogens is 4. The Kier molecular flexibility index (Phi) is 26.1. The fraction of sp³-hybridized carbons (Fsp3) is 0.431. The third kappa shape index (κ3) is 21.5. The van der Waals surface area contributed by atoms with E-state index in [1.54, 1.807) is 32.3 Å². The summed E-state index contributed by atoms with van der Waals surface area (Å²) in [6.45, 7) is 7.28. The van der Waals surface area contributed by atoms with Crippen LogP contribution in [0.15, 0.2) is 132 Å². The molecular formula is C58H78N10O12P2. The van der Waals surface area contributed by atoms with Gasteiger partial charge in [0.25, 0.3) is 5.56 Å². The molecule has 0 saturated heterocycles. The van der Waals surface area contributed by atoms with E-state index in [2.05, 4.69) is 35.3 Å². The number of H-pyrrole nitrogens is 1. The molecule has 22 nitrogen and oxygen atoms in total. The first-order valence-corrected chi connectivity index (χ1v) is 31.5. The fourth-order valence-electron chi connectivity index (χ4n) is 9.23. The summed E-state index contributed by atoms with van der Waals surface area (Å²) < 4.78 is 61.5. The maximum Gasteiger partial charge on any atom is 0.323 e. The lowest BCUT2D eigenvalue weighted by atomic mass is 10.0. The number of imidazole rings is 1. The number of nitrogen functional groups attached to an aromatic ring is 1. The Morgan fingerprint density at radius 3 is 1.46 bits per heavy atom. The molecule has 7 N–H and O–H groups in total. The van der Waals surface area contributed by atoms with Crippen LogP contribution < -0.4 is 31.6 Å². The highest BCUT2D eigenvalue weighted by atomic mass is 31.2. The molecule has 0 radical (unpaired) electrons. The van der Waals surface area contributed by atoms with E-state index in [9.17, 15) is 24.0 Å². The lowest BCUT2D eigenvalue weighted by molar-refractivity contribution is -0.145. The second-order valence-electron chi connectivity index (χ2n) is 19.4. The second-order valence-corrected chi connectivity index (χ2v) is 24.3. The van der Waals surface area contributed by atoms with Crippen molar-refractivity contribution in [1.82, 2.24) is 44.8 Å². The van der Waals surface area contributed by atoms with Gasteiger partial charge in [-0.2, -0.15) is 4.98 Å². The molecular weight excluding hydrogens is 1090 g/mol. The third-order valence-electron chi connectivity index (χ3n) is 13.0. The van der Waals surface area contributed by atoms with Crippen molar-refractivity contribution in [3.63, 3.8) is 0 Å². The molecule has 0 amide bonds. The summed E-state index contributed by atoms with van der Waals surface area (Å²) in [7, 11) is -7.92. The van der Waals surface area contributed by atoms with E-state index >= 15 is 9.13 Å². The Balaban J connectivity index is 1.34. The number of nitrogens with one attached hydrogen (secondary N) is 5. The van der Waals surface area contributed by atoms with E-state index in [0.29, 0.717) is 12.8 Å². The first-order valence-electron chi connectivity index (χ1n) is 27.7. The van der Waals surface area contributed by atoms with Gasteiger partial charge in [-0.05, 0) is 75.6 Å². The Bertz CT molecular complexity index is 2940. The third-order valence-corrected chi connectivity index (χ3v) is 17.7. The van der Waals surface area contributed by atoms with Gasteiger partial charge in [0.2, 0.25) is 20.8 Å². The number of hydrogen-bond acceptors (Lipinski definition) is 16. The zero-order valence-corrected chi connectivity index (χ0v) is 48.9. The van der Waals surface area contributed by atoms with E-state index in [4.69, 9.17) is 29.4 Å². The van der Waals surface area contributed by atoms with Gasteiger partial charge in [0.15, 0.2) is 11.2 Å². The van der Waals surface area contributed by atoms with Crippen molar-refractivity contribution in [3.05, 3.63) is 160 Å². The van der Waals surface area contributed by atoms with Gasteiger partial charge in [-0.15, -0.1) is 0 Å². The number of carbonyl (C=O) groups is 4. The van der Waals surface area contributed by atoms with Crippen LogP contribution in [-0.4, -0.2) is 138 Å². The predicted octanol–water partition coefficient (Wildman–Crippen LogP) is 6.20. The van der Waals surface area contributed by atoms with Crippen molar-refractivity contribution in [2.45, 2.75) is 96.9 Å². The van der Waals surface area contributed by atoms with Crippen LogP contribution in [0.4, 0.5) is 5.95 Å². The highest BCUT2D eigenvalue weighted by molar-refractivity contribution is 7.60. The van der Waals surface area contributed by atoms with Crippen LogP contribution in [0.3, 0.4) is 0 Å². The number of esters is 4. The van der Waals surface area contributed by atoms with Crippen molar-refractivity contribution >= 4 is 55.9 Å². The Labute approximate surface area is 478 Å². The van der Waals surface area contributed by atoms with Crippen LogP contribution in [0.5, 0.6) is 0 Å². The van der Waals surface area contributed by atoms with Gasteiger partial charge in [0.05, 0.1) is 65.1 Å². The van der Waals surface area contributed by atoms with Gasteiger partial charge in [-0.25, -0.2) is 15.2 Å². The molecule has 0 bridgehead atoms. The molecule has 2 heterocycles. The maximum absolute atomic E-state index is 16.0. The van der Waals surface area contributed by atoms with Crippen molar-refractivity contribution in [2.24, 2.45) is 0 Å². The minimum absolute atomic E-state index is 0.0624. The standard InChI is InChI=1S/C58H78N10O12P2/c1-5-77-51(69)39-47(35-43-21-13-9-14-22-43)63-81(74,64-48(40-52(70)78-6-2)36-44-23-15-10-16-24-44)33-31-67(29-30-68-41-60-53-54(68)61-58(59)62-55(53)71)42-76-32-34-82(75,65-49(56(72)79-7-3)37-45-25-17-11-18-26-45)66-50(57(73)80-8-4)38-46-27-19-12-20-28-46/h9-28,41,47-50H,5-8,29-40,42H2,1-4H3,(H2,63,64,74)(H2,65,66,75)(H3,59,61,62,71)/t47-,48-,49-,50-/m0/s1. The smallest absolute Gasteiger partial charge is 0.323 e. The topological polar surface area (TPSA) is 290 Å². The molecule has 4 atom stereocenters. The number of nitrogens with two attached hydrogens (primary N) is 1. The van der Waals surface area contributed by atoms with Crippen molar-refractivity contribution in [3.8, 4) is 0 Å². The second kappa shape index (κ2) is 33.3. The zero-order chi connectivity index (χ0) is 58.7. The molecule has 0 spiro atoms. The number of fused-ring (bicyclic) bond motifs is 1. The van der Waals surface area contributed by atoms with Gasteiger partial charge in [-0.3, -0.25) is 53.2 Å². The van der Waals surface area contributed by atoms with Crippen LogP contribution in [-0.2, 0) is 84.2 Å². The van der Waals surface area contributed by atoms with Gasteiger partial charge >= 0.3 is 23.9 Å². The number of benzene rings is 4. The summed E-state index contributed by atoms with van der Waals surface area (Å²) in [6.07, 6.45) is 1.71. The van der Waals surface area contributed by atoms with Crippen LogP contribution in [0.25, 0.3) is 11.2 Å².